The van der Waals surface area contributed by atoms with Gasteiger partial charge in [0.2, 0.25) is 0 Å². The number of allylic oxidation sites excluding steroid dienone is 1. The molecule has 2 rings (SSSR count). The molecule has 1 heterocycles. The summed E-state index contributed by atoms with van der Waals surface area (Å²) in [6.45, 7) is 6.84. The highest BCUT2D eigenvalue weighted by Gasteiger charge is 2.25. The van der Waals surface area contributed by atoms with Crippen molar-refractivity contribution in [3.8, 4) is 0 Å². The molecule has 1 atom stereocenters. The number of nitrogens with one attached hydrogen (secondary N) is 1. The second-order valence-electron chi connectivity index (χ2n) is 4.58. The lowest BCUT2D eigenvalue weighted by molar-refractivity contribution is -0.120. The van der Waals surface area contributed by atoms with Crippen LogP contribution in [0.25, 0.3) is 0 Å². The van der Waals surface area contributed by atoms with Crippen molar-refractivity contribution < 1.29 is 4.79 Å². The molecular weight excluding hydrogens is 210 g/mol. The molecule has 0 radical (unpaired) electrons. The number of hydrogen-bond acceptors (Lipinski definition) is 2. The van der Waals surface area contributed by atoms with Gasteiger partial charge in [0.15, 0.2) is 5.78 Å². The number of ketones is 1. The minimum atomic E-state index is -0.136. The Morgan fingerprint density at radius 2 is 2.24 bits per heavy atom. The minimum absolute atomic E-state index is 0.136. The Morgan fingerprint density at radius 3 is 3.00 bits per heavy atom. The molecule has 1 N–H and O–H groups in total. The zero-order chi connectivity index (χ0) is 12.3. The smallest absolute Gasteiger partial charge is 0.158 e. The molecule has 90 valence electrons. The second-order valence-corrected chi connectivity index (χ2v) is 4.58. The van der Waals surface area contributed by atoms with Gasteiger partial charge in [-0.05, 0) is 24.0 Å². The van der Waals surface area contributed by atoms with E-state index < -0.39 is 0 Å². The van der Waals surface area contributed by atoms with E-state index in [1.807, 2.05) is 19.1 Å². The lowest BCUT2D eigenvalue weighted by Crippen LogP contribution is -2.35. The Balaban J connectivity index is 2.18. The number of carbonyl (C=O) groups excluding carboxylic acids is 1. The van der Waals surface area contributed by atoms with Crippen molar-refractivity contribution in [2.24, 2.45) is 0 Å². The molecule has 1 unspecified atom stereocenters. The zero-order valence-electron chi connectivity index (χ0n) is 10.3. The van der Waals surface area contributed by atoms with Crippen molar-refractivity contribution in [2.45, 2.75) is 32.2 Å². The summed E-state index contributed by atoms with van der Waals surface area (Å²) in [6, 6.07) is 8.07. The van der Waals surface area contributed by atoms with Gasteiger partial charge in [0.25, 0.3) is 0 Å². The maximum Gasteiger partial charge on any atom is 0.158 e. The number of rotatable bonds is 4. The summed E-state index contributed by atoms with van der Waals surface area (Å²) in [4.78, 5) is 12.2. The van der Waals surface area contributed by atoms with Gasteiger partial charge in [0, 0.05) is 13.0 Å². The number of fused-ring (bicyclic) bond motifs is 1. The van der Waals surface area contributed by atoms with Gasteiger partial charge in [-0.25, -0.2) is 0 Å². The largest absolute Gasteiger partial charge is 0.303 e. The maximum absolute atomic E-state index is 12.2. The van der Waals surface area contributed by atoms with Crippen LogP contribution >= 0.6 is 0 Å². The Kier molecular flexibility index (Phi) is 3.75. The summed E-state index contributed by atoms with van der Waals surface area (Å²) >= 11 is 0. The molecule has 1 aliphatic heterocycles. The third-order valence-corrected chi connectivity index (χ3v) is 3.36. The van der Waals surface area contributed by atoms with Crippen LogP contribution in [0.3, 0.4) is 0 Å². The third kappa shape index (κ3) is 2.64. The molecule has 0 spiro atoms. The molecule has 0 aromatic heterocycles. The van der Waals surface area contributed by atoms with Crippen LogP contribution in [0.4, 0.5) is 0 Å². The van der Waals surface area contributed by atoms with Gasteiger partial charge in [0.05, 0.1) is 6.04 Å². The lowest BCUT2D eigenvalue weighted by Gasteiger charge is -2.26. The predicted octanol–water partition coefficient (Wildman–Crippen LogP) is 2.80. The van der Waals surface area contributed by atoms with Crippen LogP contribution in [-0.4, -0.2) is 12.3 Å². The van der Waals surface area contributed by atoms with Crippen molar-refractivity contribution in [3.05, 3.63) is 47.5 Å². The summed E-state index contributed by atoms with van der Waals surface area (Å²) < 4.78 is 0. The molecule has 0 fully saturated rings. The Labute approximate surface area is 103 Å². The van der Waals surface area contributed by atoms with E-state index in [1.165, 1.54) is 5.56 Å². The molecule has 1 aromatic carbocycles. The van der Waals surface area contributed by atoms with Crippen LogP contribution in [0.1, 0.15) is 36.9 Å². The van der Waals surface area contributed by atoms with Crippen LogP contribution in [0.15, 0.2) is 36.4 Å². The number of benzene rings is 1. The molecule has 17 heavy (non-hydrogen) atoms. The molecule has 2 heteroatoms. The van der Waals surface area contributed by atoms with E-state index in [1.54, 1.807) is 0 Å². The highest BCUT2D eigenvalue weighted by atomic mass is 16.1. The maximum atomic E-state index is 12.2. The fraction of sp³-hybridized carbons (Fsp3) is 0.400. The van der Waals surface area contributed by atoms with E-state index in [-0.39, 0.29) is 11.8 Å². The molecule has 0 amide bonds. The Morgan fingerprint density at radius 1 is 1.47 bits per heavy atom. The molecule has 0 saturated heterocycles. The Hall–Kier alpha value is -1.41. The number of hydrogen-bond donors (Lipinski definition) is 1. The van der Waals surface area contributed by atoms with Gasteiger partial charge in [-0.2, -0.15) is 0 Å². The molecule has 2 nitrogen and oxygen atoms in total. The fourth-order valence-corrected chi connectivity index (χ4v) is 2.27. The monoisotopic (exact) mass is 229 g/mol. The highest BCUT2D eigenvalue weighted by Crippen LogP contribution is 2.25. The van der Waals surface area contributed by atoms with Crippen LogP contribution in [0.2, 0.25) is 0 Å². The lowest BCUT2D eigenvalue weighted by atomic mass is 9.90. The standard InChI is InChI=1S/C15H19NO/c1-3-11(2)10-14(17)15-13-7-5-4-6-12(13)8-9-16-15/h4-7,15-16H,2-3,8-10H2,1H3. The second kappa shape index (κ2) is 5.28. The summed E-state index contributed by atoms with van der Waals surface area (Å²) in [6.07, 6.45) is 2.37. The van der Waals surface area contributed by atoms with Crippen LogP contribution in [-0.2, 0) is 11.2 Å². The van der Waals surface area contributed by atoms with Crippen LogP contribution < -0.4 is 5.32 Å². The van der Waals surface area contributed by atoms with E-state index >= 15 is 0 Å². The third-order valence-electron chi connectivity index (χ3n) is 3.36. The molecule has 0 aliphatic carbocycles. The molecule has 0 bridgehead atoms. The van der Waals surface area contributed by atoms with E-state index in [2.05, 4.69) is 24.0 Å². The van der Waals surface area contributed by atoms with Gasteiger partial charge in [-0.3, -0.25) is 4.79 Å². The summed E-state index contributed by atoms with van der Waals surface area (Å²) in [5.74, 6) is 0.240. The van der Waals surface area contributed by atoms with Gasteiger partial charge in [0.1, 0.15) is 0 Å². The number of Topliss-reactive ketones (excluding diaryl/α,β-unsaturated/α-hetero) is 1. The van der Waals surface area contributed by atoms with Gasteiger partial charge >= 0.3 is 0 Å². The van der Waals surface area contributed by atoms with E-state index in [0.29, 0.717) is 6.42 Å². The van der Waals surface area contributed by atoms with Crippen LogP contribution in [0.5, 0.6) is 0 Å². The van der Waals surface area contributed by atoms with Crippen molar-refractivity contribution in [1.29, 1.82) is 0 Å². The first kappa shape index (κ1) is 12.1. The average Bonchev–Trinajstić information content (AvgIpc) is 2.37. The Bertz CT molecular complexity index is 436. The molecule has 0 saturated carbocycles. The van der Waals surface area contributed by atoms with Crippen molar-refractivity contribution in [2.75, 3.05) is 6.54 Å². The normalized spacial score (nSPS) is 18.5. The molecule has 1 aromatic rings. The zero-order valence-corrected chi connectivity index (χ0v) is 10.3. The quantitative estimate of drug-likeness (QED) is 0.804. The van der Waals surface area contributed by atoms with Gasteiger partial charge in [-0.15, -0.1) is 0 Å². The average molecular weight is 229 g/mol. The van der Waals surface area contributed by atoms with E-state index in [9.17, 15) is 4.79 Å². The van der Waals surface area contributed by atoms with Crippen molar-refractivity contribution in [3.63, 3.8) is 0 Å². The molecular formula is C15H19NO. The van der Waals surface area contributed by atoms with Crippen LogP contribution in [0, 0.1) is 0 Å². The van der Waals surface area contributed by atoms with Gasteiger partial charge in [-0.1, -0.05) is 43.3 Å². The minimum Gasteiger partial charge on any atom is -0.303 e. The first-order valence-electron chi connectivity index (χ1n) is 6.23. The summed E-state index contributed by atoms with van der Waals surface area (Å²) in [7, 11) is 0. The highest BCUT2D eigenvalue weighted by molar-refractivity contribution is 5.87. The topological polar surface area (TPSA) is 29.1 Å². The van der Waals surface area contributed by atoms with E-state index in [0.717, 1.165) is 30.5 Å². The van der Waals surface area contributed by atoms with Crippen molar-refractivity contribution >= 4 is 5.78 Å². The predicted molar refractivity (Wildman–Crippen MR) is 69.9 cm³/mol. The SMILES string of the molecule is C=C(CC)CC(=O)C1NCCc2ccccc21. The first-order chi connectivity index (χ1) is 8.22. The van der Waals surface area contributed by atoms with Gasteiger partial charge < -0.3 is 5.32 Å². The number of carbonyl (C=O) groups is 1. The summed E-state index contributed by atoms with van der Waals surface area (Å²) in [5.41, 5.74) is 3.46. The van der Waals surface area contributed by atoms with E-state index in [4.69, 9.17) is 0 Å². The first-order valence-corrected chi connectivity index (χ1v) is 6.23. The van der Waals surface area contributed by atoms with Crippen molar-refractivity contribution in [1.82, 2.24) is 5.32 Å². The summed E-state index contributed by atoms with van der Waals surface area (Å²) in [5, 5.41) is 3.31. The fourth-order valence-electron chi connectivity index (χ4n) is 2.27. The molecule has 1 aliphatic rings.